The number of hydrogen-bond acceptors (Lipinski definition) is 5. The van der Waals surface area contributed by atoms with E-state index in [2.05, 4.69) is 5.32 Å². The van der Waals surface area contributed by atoms with Crippen LogP contribution in [0, 0.1) is 0 Å². The van der Waals surface area contributed by atoms with Crippen LogP contribution >= 0.6 is 0 Å². The topological polar surface area (TPSA) is 109 Å². The van der Waals surface area contributed by atoms with Crippen molar-refractivity contribution in [1.29, 1.82) is 0 Å². The second kappa shape index (κ2) is 7.04. The summed E-state index contributed by atoms with van der Waals surface area (Å²) in [4.78, 5) is 33.6. The average Bonchev–Trinajstić information content (AvgIpc) is 2.53. The van der Waals surface area contributed by atoms with Crippen molar-refractivity contribution < 1.29 is 24.6 Å². The molecular formula is C17H11NO5-2. The van der Waals surface area contributed by atoms with E-state index in [1.54, 1.807) is 18.2 Å². The van der Waals surface area contributed by atoms with E-state index in [9.17, 15) is 24.6 Å². The second-order valence-corrected chi connectivity index (χ2v) is 4.61. The lowest BCUT2D eigenvalue weighted by Gasteiger charge is -2.11. The number of anilines is 1. The Labute approximate surface area is 131 Å². The Kier molecular flexibility index (Phi) is 4.89. The van der Waals surface area contributed by atoms with Gasteiger partial charge in [0.25, 0.3) is 0 Å². The van der Waals surface area contributed by atoms with E-state index in [0.29, 0.717) is 0 Å². The molecule has 0 bridgehead atoms. The van der Waals surface area contributed by atoms with Crippen LogP contribution in [0.3, 0.4) is 0 Å². The van der Waals surface area contributed by atoms with Crippen LogP contribution in [-0.4, -0.2) is 17.8 Å². The van der Waals surface area contributed by atoms with Crippen LogP contribution in [0.5, 0.6) is 0 Å². The van der Waals surface area contributed by atoms with Gasteiger partial charge in [0.2, 0.25) is 5.91 Å². The molecule has 0 aromatic heterocycles. The van der Waals surface area contributed by atoms with Gasteiger partial charge in [-0.25, -0.2) is 0 Å². The van der Waals surface area contributed by atoms with Crippen molar-refractivity contribution in [3.05, 3.63) is 71.3 Å². The standard InChI is InChI=1S/C17H13NO5/c19-15(7-6-11-4-2-1-3-5-11)18-14-9-12(16(20)21)8-13(10-14)17(22)23/h1-10H,(H,18,19)(H,20,21)(H,22,23)/p-2. The third-order valence-electron chi connectivity index (χ3n) is 2.90. The van der Waals surface area contributed by atoms with Crippen molar-refractivity contribution in [2.24, 2.45) is 0 Å². The van der Waals surface area contributed by atoms with Gasteiger partial charge in [0, 0.05) is 11.8 Å². The first-order chi connectivity index (χ1) is 11.0. The van der Waals surface area contributed by atoms with Gasteiger partial charge in [0.15, 0.2) is 0 Å². The number of carbonyl (C=O) groups is 3. The van der Waals surface area contributed by atoms with Crippen LogP contribution < -0.4 is 15.5 Å². The maximum absolute atomic E-state index is 11.8. The number of carboxylic acids is 2. The Hall–Kier alpha value is -3.41. The number of carbonyl (C=O) groups excluding carboxylic acids is 3. The van der Waals surface area contributed by atoms with Gasteiger partial charge in [0.1, 0.15) is 0 Å². The van der Waals surface area contributed by atoms with Gasteiger partial charge in [-0.05, 0) is 41.0 Å². The molecule has 0 heterocycles. The van der Waals surface area contributed by atoms with E-state index >= 15 is 0 Å². The number of aromatic carboxylic acids is 2. The molecule has 0 aliphatic heterocycles. The van der Waals surface area contributed by atoms with Gasteiger partial charge in [-0.2, -0.15) is 0 Å². The zero-order valence-corrected chi connectivity index (χ0v) is 11.8. The number of hydrogen-bond donors (Lipinski definition) is 1. The third kappa shape index (κ3) is 4.53. The highest BCUT2D eigenvalue weighted by molar-refractivity contribution is 6.03. The molecule has 1 N–H and O–H groups in total. The van der Waals surface area contributed by atoms with Crippen LogP contribution in [0.1, 0.15) is 26.3 Å². The molecule has 0 spiro atoms. The highest BCUT2D eigenvalue weighted by atomic mass is 16.4. The predicted octanol–water partition coefficient (Wildman–Crippen LogP) is 0.0655. The number of amides is 1. The molecule has 0 aliphatic rings. The SMILES string of the molecule is O=C(C=Cc1ccccc1)Nc1cc(C(=O)[O-])cc(C(=O)[O-])c1. The van der Waals surface area contributed by atoms with Crippen molar-refractivity contribution >= 4 is 29.6 Å². The number of benzene rings is 2. The molecule has 23 heavy (non-hydrogen) atoms. The van der Waals surface area contributed by atoms with Crippen molar-refractivity contribution in [2.45, 2.75) is 0 Å². The van der Waals surface area contributed by atoms with E-state index < -0.39 is 17.8 Å². The molecule has 1 amide bonds. The fourth-order valence-electron chi connectivity index (χ4n) is 1.86. The van der Waals surface area contributed by atoms with Crippen LogP contribution in [0.4, 0.5) is 5.69 Å². The molecule has 2 aromatic carbocycles. The molecule has 0 radical (unpaired) electrons. The number of carboxylic acid groups (broad SMARTS) is 2. The maximum atomic E-state index is 11.8. The summed E-state index contributed by atoms with van der Waals surface area (Å²) in [5, 5.41) is 24.1. The average molecular weight is 309 g/mol. The molecule has 0 saturated carbocycles. The van der Waals surface area contributed by atoms with Gasteiger partial charge >= 0.3 is 0 Å². The molecule has 2 aromatic rings. The predicted molar refractivity (Wildman–Crippen MR) is 79.2 cm³/mol. The molecule has 0 unspecified atom stereocenters. The number of rotatable bonds is 5. The highest BCUT2D eigenvalue weighted by Gasteiger charge is 2.05. The summed E-state index contributed by atoms with van der Waals surface area (Å²) >= 11 is 0. The molecule has 0 fully saturated rings. The van der Waals surface area contributed by atoms with Gasteiger partial charge in [-0.1, -0.05) is 30.3 Å². The first kappa shape index (κ1) is 16.0. The monoisotopic (exact) mass is 309 g/mol. The molecule has 2 rings (SSSR count). The molecular weight excluding hydrogens is 298 g/mol. The highest BCUT2D eigenvalue weighted by Crippen LogP contribution is 2.15. The van der Waals surface area contributed by atoms with Crippen LogP contribution in [0.2, 0.25) is 0 Å². The lowest BCUT2D eigenvalue weighted by Crippen LogP contribution is -2.26. The fourth-order valence-corrected chi connectivity index (χ4v) is 1.86. The van der Waals surface area contributed by atoms with E-state index in [1.807, 2.05) is 18.2 Å². The Morgan fingerprint density at radius 1 is 0.870 bits per heavy atom. The smallest absolute Gasteiger partial charge is 0.248 e. The number of nitrogens with one attached hydrogen (secondary N) is 1. The summed E-state index contributed by atoms with van der Waals surface area (Å²) in [6.45, 7) is 0. The third-order valence-corrected chi connectivity index (χ3v) is 2.90. The molecule has 0 atom stereocenters. The minimum atomic E-state index is -1.55. The summed E-state index contributed by atoms with van der Waals surface area (Å²) in [6.07, 6.45) is 2.82. The molecule has 6 nitrogen and oxygen atoms in total. The van der Waals surface area contributed by atoms with Gasteiger partial charge in [-0.15, -0.1) is 0 Å². The van der Waals surface area contributed by atoms with Gasteiger partial charge in [0.05, 0.1) is 11.9 Å². The summed E-state index contributed by atoms with van der Waals surface area (Å²) in [5.74, 6) is -3.64. The Morgan fingerprint density at radius 3 is 1.96 bits per heavy atom. The van der Waals surface area contributed by atoms with Crippen LogP contribution in [0.15, 0.2) is 54.6 Å². The fraction of sp³-hybridized carbons (Fsp3) is 0. The first-order valence-corrected chi connectivity index (χ1v) is 6.57. The molecule has 6 heteroatoms. The minimum Gasteiger partial charge on any atom is -0.545 e. The van der Waals surface area contributed by atoms with Crippen LogP contribution in [0.25, 0.3) is 6.08 Å². The van der Waals surface area contributed by atoms with E-state index in [4.69, 9.17) is 0 Å². The minimum absolute atomic E-state index is 0.0219. The molecule has 116 valence electrons. The second-order valence-electron chi connectivity index (χ2n) is 4.61. The largest absolute Gasteiger partial charge is 0.545 e. The molecule has 0 saturated heterocycles. The molecule has 0 aliphatic carbocycles. The van der Waals surface area contributed by atoms with Gasteiger partial charge in [-0.3, -0.25) is 4.79 Å². The summed E-state index contributed by atoms with van der Waals surface area (Å²) in [5.41, 5.74) is 0.0956. The Balaban J connectivity index is 2.18. The lowest BCUT2D eigenvalue weighted by atomic mass is 10.1. The van der Waals surface area contributed by atoms with Crippen molar-refractivity contribution in [1.82, 2.24) is 0 Å². The summed E-state index contributed by atoms with van der Waals surface area (Å²) < 4.78 is 0. The lowest BCUT2D eigenvalue weighted by molar-refractivity contribution is -0.255. The normalized spacial score (nSPS) is 10.4. The summed E-state index contributed by atoms with van der Waals surface area (Å²) in [6, 6.07) is 12.2. The van der Waals surface area contributed by atoms with E-state index in [0.717, 1.165) is 23.8 Å². The Bertz CT molecular complexity index is 749. The quantitative estimate of drug-likeness (QED) is 0.786. The van der Waals surface area contributed by atoms with Crippen molar-refractivity contribution in [3.8, 4) is 0 Å². The van der Waals surface area contributed by atoms with Crippen molar-refractivity contribution in [2.75, 3.05) is 5.32 Å². The maximum Gasteiger partial charge on any atom is 0.248 e. The van der Waals surface area contributed by atoms with Gasteiger partial charge < -0.3 is 25.1 Å². The zero-order chi connectivity index (χ0) is 16.8. The van der Waals surface area contributed by atoms with E-state index in [-0.39, 0.29) is 16.8 Å². The zero-order valence-electron chi connectivity index (χ0n) is 11.8. The van der Waals surface area contributed by atoms with Crippen LogP contribution in [-0.2, 0) is 4.79 Å². The Morgan fingerprint density at radius 2 is 1.43 bits per heavy atom. The van der Waals surface area contributed by atoms with Crippen molar-refractivity contribution in [3.63, 3.8) is 0 Å². The van der Waals surface area contributed by atoms with E-state index in [1.165, 1.54) is 6.08 Å². The summed E-state index contributed by atoms with van der Waals surface area (Å²) in [7, 11) is 0. The first-order valence-electron chi connectivity index (χ1n) is 6.57.